The Morgan fingerprint density at radius 3 is 2.18 bits per heavy atom. The minimum absolute atomic E-state index is 0. The second-order valence-corrected chi connectivity index (χ2v) is 3.64. The maximum absolute atomic E-state index is 4.11. The van der Waals surface area contributed by atoms with Crippen LogP contribution in [0, 0.1) is 3.57 Å². The minimum atomic E-state index is 0. The van der Waals surface area contributed by atoms with Crippen LogP contribution in [0.4, 0.5) is 0 Å². The minimum Gasteiger partial charge on any atom is -0.412 e. The molecule has 58 valence electrons. The van der Waals surface area contributed by atoms with Crippen LogP contribution in [0.3, 0.4) is 0 Å². The van der Waals surface area contributed by atoms with Crippen LogP contribution in [0.1, 0.15) is 0 Å². The Labute approximate surface area is 94.9 Å². The molecule has 0 saturated heterocycles. The van der Waals surface area contributed by atoms with Crippen LogP contribution in [0.5, 0.6) is 0 Å². The normalized spacial score (nSPS) is 9.55. The molecule has 0 aromatic carbocycles. The number of hydrogen-bond acceptors (Lipinski definition) is 2. The van der Waals surface area contributed by atoms with Crippen LogP contribution in [-0.2, 0) is 19.5 Å². The molecule has 0 atom stereocenters. The van der Waals surface area contributed by atoms with Crippen molar-refractivity contribution < 1.29 is 30.4 Å². The van der Waals surface area contributed by atoms with Crippen molar-refractivity contribution in [3.8, 4) is 0 Å². The molecule has 0 radical (unpaired) electrons. The molecule has 2 aliphatic rings. The van der Waals surface area contributed by atoms with E-state index in [-0.39, 0.29) is 30.4 Å². The van der Waals surface area contributed by atoms with E-state index in [1.165, 1.54) is 13.5 Å². The third-order valence-electron chi connectivity index (χ3n) is 1.03. The van der Waals surface area contributed by atoms with E-state index in [2.05, 4.69) is 27.6 Å². The molecule has 1 aromatic heterocycles. The molecule has 0 spiro atoms. The Morgan fingerprint density at radius 2 is 2.00 bits per heavy atom. The number of halogens is 1. The van der Waals surface area contributed by atoms with Gasteiger partial charge in [-0.15, -0.1) is 0 Å². The van der Waals surface area contributed by atoms with Crippen molar-refractivity contribution in [3.63, 3.8) is 0 Å². The largest absolute Gasteiger partial charge is 0.412 e. The maximum atomic E-state index is 4.11. The van der Waals surface area contributed by atoms with E-state index >= 15 is 0 Å². The summed E-state index contributed by atoms with van der Waals surface area (Å²) in [6, 6.07) is 2.04. The molecule has 3 heterocycles. The van der Waals surface area contributed by atoms with E-state index < -0.39 is 0 Å². The molecule has 2 aliphatic heterocycles. The average Bonchev–Trinajstić information content (AvgIpc) is 1.89. The van der Waals surface area contributed by atoms with E-state index in [0.717, 1.165) is 0 Å². The number of hydrogen-bond donors (Lipinski definition) is 0. The predicted octanol–water partition coefficient (Wildman–Crippen LogP) is 0.499. The fourth-order valence-electron chi connectivity index (χ4n) is 0.616. The molecular weight excluding hydrogens is 330 g/mol. The summed E-state index contributed by atoms with van der Waals surface area (Å²) in [5.41, 5.74) is 0. The van der Waals surface area contributed by atoms with Gasteiger partial charge in [0.25, 0.3) is 0 Å². The van der Waals surface area contributed by atoms with Gasteiger partial charge < -0.3 is 11.0 Å². The maximum Gasteiger partial charge on any atom is 0.115 e. The smallest absolute Gasteiger partial charge is 0.115 e. The summed E-state index contributed by atoms with van der Waals surface area (Å²) < 4.78 is 1.33. The molecule has 6 heteroatoms. The Bertz CT molecular complexity index is 228. The molecular formula is C5H6INO2SZn. The van der Waals surface area contributed by atoms with Gasteiger partial charge in [0.2, 0.25) is 0 Å². The molecule has 0 aliphatic carbocycles. The Morgan fingerprint density at radius 1 is 1.36 bits per heavy atom. The van der Waals surface area contributed by atoms with E-state index in [9.17, 15) is 0 Å². The van der Waals surface area contributed by atoms with Crippen LogP contribution < -0.4 is 0 Å². The molecule has 1 aromatic rings. The number of nitrogens with zero attached hydrogens (tertiary/aromatic N) is 1. The monoisotopic (exact) mass is 335 g/mol. The fraction of sp³-hybridized carbons (Fsp3) is 0. The van der Waals surface area contributed by atoms with Gasteiger partial charge in [0, 0.05) is 30.6 Å². The molecule has 4 N–H and O–H groups in total. The standard InChI is InChI=1S/C5H2INS.2H2O.Zn/c6-4-3-1-2-7-5(4)8-3;;;/h1-2H;2*1H2;. The van der Waals surface area contributed by atoms with Crippen LogP contribution in [0.15, 0.2) is 22.2 Å². The quantitative estimate of drug-likeness (QED) is 0.519. The summed E-state index contributed by atoms with van der Waals surface area (Å²) in [4.78, 5) is 5.48. The third kappa shape index (κ3) is 2.35. The van der Waals surface area contributed by atoms with E-state index in [4.69, 9.17) is 0 Å². The van der Waals surface area contributed by atoms with Crippen LogP contribution in [0.2, 0.25) is 0 Å². The fourth-order valence-corrected chi connectivity index (χ4v) is 2.28. The van der Waals surface area contributed by atoms with Gasteiger partial charge >= 0.3 is 0 Å². The summed E-state index contributed by atoms with van der Waals surface area (Å²) in [5, 5.41) is 1.18. The van der Waals surface area contributed by atoms with Crippen LogP contribution in [0.25, 0.3) is 0 Å². The summed E-state index contributed by atoms with van der Waals surface area (Å²) >= 11 is 4.07. The molecule has 2 bridgehead atoms. The average molecular weight is 336 g/mol. The summed E-state index contributed by atoms with van der Waals surface area (Å²) in [5.74, 6) is 0. The number of rotatable bonds is 0. The zero-order chi connectivity index (χ0) is 5.56. The number of aromatic nitrogens is 1. The van der Waals surface area contributed by atoms with Crippen molar-refractivity contribution >= 4 is 34.4 Å². The van der Waals surface area contributed by atoms with Gasteiger partial charge in [0.15, 0.2) is 0 Å². The van der Waals surface area contributed by atoms with E-state index in [0.29, 0.717) is 0 Å². The van der Waals surface area contributed by atoms with Gasteiger partial charge in [-0.1, -0.05) is 11.8 Å². The second kappa shape index (κ2) is 5.42. The Kier molecular flexibility index (Phi) is 7.05. The van der Waals surface area contributed by atoms with Crippen molar-refractivity contribution in [1.29, 1.82) is 0 Å². The van der Waals surface area contributed by atoms with Crippen molar-refractivity contribution in [2.45, 2.75) is 9.92 Å². The first kappa shape index (κ1) is 14.3. The Balaban J connectivity index is 0. The van der Waals surface area contributed by atoms with Gasteiger partial charge in [-0.3, -0.25) is 0 Å². The SMILES string of the molecule is Ic1c2ccnc1S2.O.O.[Zn]. The van der Waals surface area contributed by atoms with Gasteiger partial charge in [-0.05, 0) is 28.7 Å². The molecule has 3 nitrogen and oxygen atoms in total. The first-order valence-electron chi connectivity index (χ1n) is 2.20. The van der Waals surface area contributed by atoms with Crippen molar-refractivity contribution in [1.82, 2.24) is 4.98 Å². The van der Waals surface area contributed by atoms with Gasteiger partial charge in [-0.2, -0.15) is 0 Å². The van der Waals surface area contributed by atoms with Crippen molar-refractivity contribution in [2.24, 2.45) is 0 Å². The zero-order valence-electron chi connectivity index (χ0n) is 5.60. The molecule has 0 unspecified atom stereocenters. The summed E-state index contributed by atoms with van der Waals surface area (Å²) in [6.07, 6.45) is 1.85. The predicted molar refractivity (Wildman–Crippen MR) is 48.3 cm³/mol. The molecule has 11 heavy (non-hydrogen) atoms. The number of pyridine rings is 1. The second-order valence-electron chi connectivity index (χ2n) is 1.53. The summed E-state index contributed by atoms with van der Waals surface area (Å²) in [7, 11) is 0. The molecule has 0 fully saturated rings. The molecule has 0 amide bonds. The zero-order valence-corrected chi connectivity index (χ0v) is 11.5. The summed E-state index contributed by atoms with van der Waals surface area (Å²) in [6.45, 7) is 0. The third-order valence-corrected chi connectivity index (χ3v) is 3.92. The van der Waals surface area contributed by atoms with Crippen molar-refractivity contribution in [2.75, 3.05) is 0 Å². The van der Waals surface area contributed by atoms with Crippen LogP contribution in [-0.4, -0.2) is 15.9 Å². The first-order chi connectivity index (χ1) is 3.88. The van der Waals surface area contributed by atoms with Crippen molar-refractivity contribution in [3.05, 3.63) is 15.8 Å². The van der Waals surface area contributed by atoms with E-state index in [1.807, 2.05) is 12.3 Å². The first-order valence-corrected chi connectivity index (χ1v) is 4.10. The van der Waals surface area contributed by atoms with Gasteiger partial charge in [0.1, 0.15) is 5.03 Å². The number of fused-ring (bicyclic) bond motifs is 2. The topological polar surface area (TPSA) is 75.9 Å². The van der Waals surface area contributed by atoms with Gasteiger partial charge in [0.05, 0.1) is 3.57 Å². The van der Waals surface area contributed by atoms with Gasteiger partial charge in [-0.25, -0.2) is 4.98 Å². The molecule has 3 rings (SSSR count). The molecule has 0 saturated carbocycles. The van der Waals surface area contributed by atoms with E-state index in [1.54, 1.807) is 11.8 Å². The van der Waals surface area contributed by atoms with Crippen LogP contribution >= 0.6 is 34.4 Å². The Hall–Kier alpha value is 0.773.